The van der Waals surface area contributed by atoms with Crippen molar-refractivity contribution in [3.05, 3.63) is 58.2 Å². The van der Waals surface area contributed by atoms with Crippen LogP contribution in [0.3, 0.4) is 0 Å². The number of nitrogens with one attached hydrogen (secondary N) is 2. The Hall–Kier alpha value is -2.65. The van der Waals surface area contributed by atoms with Crippen LogP contribution < -0.4 is 10.6 Å². The Kier molecular flexibility index (Phi) is 5.69. The average molecular weight is 410 g/mol. The molecule has 0 amide bonds. The molecule has 132 valence electrons. The summed E-state index contributed by atoms with van der Waals surface area (Å²) >= 11 is 3.52. The lowest BCUT2D eigenvalue weighted by molar-refractivity contribution is 0.860. The van der Waals surface area contributed by atoms with Gasteiger partial charge in [0.05, 0.1) is 11.1 Å². The molecule has 1 aromatic carbocycles. The normalized spacial score (nSPS) is 10.7. The number of pyridine rings is 2. The molecule has 3 rings (SSSR count). The summed E-state index contributed by atoms with van der Waals surface area (Å²) in [4.78, 5) is 9.00. The van der Waals surface area contributed by atoms with Crippen molar-refractivity contribution < 1.29 is 0 Å². The Bertz CT molecular complexity index is 945. The number of fused-ring (bicyclic) bond motifs is 1. The second-order valence-corrected chi connectivity index (χ2v) is 7.23. The molecule has 0 fully saturated rings. The fraction of sp³-hybridized carbons (Fsp3) is 0.250. The van der Waals surface area contributed by atoms with Crippen LogP contribution in [0.25, 0.3) is 10.9 Å². The average Bonchev–Trinajstić information content (AvgIpc) is 2.65. The molecule has 5 nitrogen and oxygen atoms in total. The smallest absolute Gasteiger partial charge is 0.130 e. The largest absolute Gasteiger partial charge is 0.368 e. The molecule has 0 unspecified atom stereocenters. The zero-order valence-electron chi connectivity index (χ0n) is 14.8. The molecule has 0 aliphatic rings. The predicted octanol–water partition coefficient (Wildman–Crippen LogP) is 4.91. The molecule has 0 bridgehead atoms. The van der Waals surface area contributed by atoms with Crippen LogP contribution in [0.4, 0.5) is 11.6 Å². The maximum absolute atomic E-state index is 8.80. The third-order valence-electron chi connectivity index (χ3n) is 4.04. The first-order chi connectivity index (χ1) is 12.6. The van der Waals surface area contributed by atoms with E-state index in [0.717, 1.165) is 33.6 Å². The molecule has 6 heteroatoms. The van der Waals surface area contributed by atoms with Gasteiger partial charge in [0.1, 0.15) is 17.7 Å². The number of aromatic nitrogens is 2. The van der Waals surface area contributed by atoms with Crippen molar-refractivity contribution in [3.8, 4) is 6.07 Å². The molecule has 0 saturated heterocycles. The molecule has 0 atom stereocenters. The minimum atomic E-state index is 0.376. The molecule has 26 heavy (non-hydrogen) atoms. The molecule has 2 aromatic heterocycles. The highest BCUT2D eigenvalue weighted by Crippen LogP contribution is 2.28. The Morgan fingerprint density at radius 2 is 1.92 bits per heavy atom. The monoisotopic (exact) mass is 409 g/mol. The van der Waals surface area contributed by atoms with Crippen LogP contribution >= 0.6 is 15.9 Å². The summed E-state index contributed by atoms with van der Waals surface area (Å²) in [6, 6.07) is 14.0. The van der Waals surface area contributed by atoms with E-state index in [1.807, 2.05) is 18.2 Å². The number of halogens is 1. The van der Waals surface area contributed by atoms with E-state index in [2.05, 4.69) is 63.6 Å². The first-order valence-corrected chi connectivity index (χ1v) is 9.30. The van der Waals surface area contributed by atoms with Crippen LogP contribution in [0.15, 0.2) is 47.1 Å². The highest BCUT2D eigenvalue weighted by Gasteiger charge is 2.10. The summed E-state index contributed by atoms with van der Waals surface area (Å²) in [5.74, 6) is 2.05. The molecule has 0 spiro atoms. The highest BCUT2D eigenvalue weighted by molar-refractivity contribution is 9.10. The summed E-state index contributed by atoms with van der Waals surface area (Å²) < 4.78 is 1.06. The summed E-state index contributed by atoms with van der Waals surface area (Å²) in [6.45, 7) is 5.77. The van der Waals surface area contributed by atoms with Gasteiger partial charge in [0, 0.05) is 29.1 Å². The maximum atomic E-state index is 8.80. The van der Waals surface area contributed by atoms with Gasteiger partial charge in [-0.3, -0.25) is 0 Å². The van der Waals surface area contributed by atoms with Crippen LogP contribution in [-0.2, 0) is 0 Å². The van der Waals surface area contributed by atoms with E-state index in [1.165, 1.54) is 5.56 Å². The van der Waals surface area contributed by atoms with Gasteiger partial charge in [-0.1, -0.05) is 29.8 Å². The van der Waals surface area contributed by atoms with E-state index in [4.69, 9.17) is 10.2 Å². The van der Waals surface area contributed by atoms with Crippen molar-refractivity contribution in [2.75, 3.05) is 23.7 Å². The van der Waals surface area contributed by atoms with Gasteiger partial charge in [0.15, 0.2) is 0 Å². The van der Waals surface area contributed by atoms with Gasteiger partial charge in [0.25, 0.3) is 0 Å². The lowest BCUT2D eigenvalue weighted by Crippen LogP contribution is -2.16. The molecule has 3 aromatic rings. The van der Waals surface area contributed by atoms with Crippen molar-refractivity contribution in [2.45, 2.75) is 19.8 Å². The summed E-state index contributed by atoms with van der Waals surface area (Å²) in [6.07, 6.45) is 1.57. The van der Waals surface area contributed by atoms with Gasteiger partial charge in [0.2, 0.25) is 0 Å². The fourth-order valence-electron chi connectivity index (χ4n) is 2.68. The highest BCUT2D eigenvalue weighted by atomic mass is 79.9. The van der Waals surface area contributed by atoms with Gasteiger partial charge in [-0.25, -0.2) is 9.97 Å². The van der Waals surface area contributed by atoms with Crippen LogP contribution in [0.5, 0.6) is 0 Å². The Morgan fingerprint density at radius 1 is 1.12 bits per heavy atom. The van der Waals surface area contributed by atoms with E-state index in [1.54, 1.807) is 12.3 Å². The molecule has 0 aliphatic carbocycles. The van der Waals surface area contributed by atoms with Crippen molar-refractivity contribution in [2.24, 2.45) is 0 Å². The molecule has 0 radical (unpaired) electrons. The maximum Gasteiger partial charge on any atom is 0.130 e. The van der Waals surface area contributed by atoms with E-state index in [0.29, 0.717) is 18.0 Å². The van der Waals surface area contributed by atoms with E-state index >= 15 is 0 Å². The number of nitrogens with zero attached hydrogens (tertiary/aromatic N) is 3. The quantitative estimate of drug-likeness (QED) is 0.565. The zero-order valence-corrected chi connectivity index (χ0v) is 16.3. The number of anilines is 2. The third kappa shape index (κ3) is 4.30. The van der Waals surface area contributed by atoms with Gasteiger partial charge in [-0.2, -0.15) is 5.26 Å². The number of rotatable bonds is 6. The second-order valence-electron chi connectivity index (χ2n) is 6.32. The first kappa shape index (κ1) is 18.2. The van der Waals surface area contributed by atoms with Gasteiger partial charge in [-0.05, 0) is 47.9 Å². The Labute approximate surface area is 161 Å². The second kappa shape index (κ2) is 8.15. The van der Waals surface area contributed by atoms with E-state index in [9.17, 15) is 0 Å². The van der Waals surface area contributed by atoms with Crippen molar-refractivity contribution in [1.82, 2.24) is 9.97 Å². The number of hydrogen-bond acceptors (Lipinski definition) is 5. The van der Waals surface area contributed by atoms with E-state index in [-0.39, 0.29) is 0 Å². The van der Waals surface area contributed by atoms with Crippen LogP contribution in [-0.4, -0.2) is 23.1 Å². The molecule has 0 aliphatic heterocycles. The predicted molar refractivity (Wildman–Crippen MR) is 109 cm³/mol. The Balaban J connectivity index is 1.68. The first-order valence-electron chi connectivity index (χ1n) is 8.51. The number of hydrogen-bond donors (Lipinski definition) is 2. The van der Waals surface area contributed by atoms with Crippen molar-refractivity contribution >= 4 is 38.5 Å². The summed E-state index contributed by atoms with van der Waals surface area (Å²) in [7, 11) is 0. The number of nitriles is 1. The zero-order chi connectivity index (χ0) is 18.5. The summed E-state index contributed by atoms with van der Waals surface area (Å²) in [5.41, 5.74) is 2.73. The minimum Gasteiger partial charge on any atom is -0.368 e. The lowest BCUT2D eigenvalue weighted by Gasteiger charge is -2.15. The minimum absolute atomic E-state index is 0.376. The molecular weight excluding hydrogens is 390 g/mol. The molecule has 0 saturated carbocycles. The van der Waals surface area contributed by atoms with Crippen LogP contribution in [0.1, 0.15) is 30.9 Å². The summed E-state index contributed by atoms with van der Waals surface area (Å²) in [5, 5.41) is 16.6. The van der Waals surface area contributed by atoms with Gasteiger partial charge < -0.3 is 10.6 Å². The van der Waals surface area contributed by atoms with E-state index < -0.39 is 0 Å². The lowest BCUT2D eigenvalue weighted by atomic mass is 10.0. The fourth-order valence-corrected chi connectivity index (χ4v) is 3.06. The Morgan fingerprint density at radius 3 is 2.62 bits per heavy atom. The van der Waals surface area contributed by atoms with Gasteiger partial charge >= 0.3 is 0 Å². The van der Waals surface area contributed by atoms with Crippen molar-refractivity contribution in [1.29, 1.82) is 5.26 Å². The van der Waals surface area contributed by atoms with Crippen molar-refractivity contribution in [3.63, 3.8) is 0 Å². The topological polar surface area (TPSA) is 73.6 Å². The molecule has 2 heterocycles. The standard InChI is InChI=1S/C20H20BrN5/c1-13(2)17-10-15-9-16(21)4-5-18(15)26-20(17)24-8-7-23-19-6-3-14(11-22)12-25-19/h3-6,9-10,12-13H,7-8H2,1-2H3,(H,23,25)(H,24,26). The van der Waals surface area contributed by atoms with Crippen LogP contribution in [0.2, 0.25) is 0 Å². The molecular formula is C20H20BrN5. The SMILES string of the molecule is CC(C)c1cc2cc(Br)ccc2nc1NCCNc1ccc(C#N)cn1. The van der Waals surface area contributed by atoms with Crippen LogP contribution in [0, 0.1) is 11.3 Å². The third-order valence-corrected chi connectivity index (χ3v) is 4.54. The van der Waals surface area contributed by atoms with Gasteiger partial charge in [-0.15, -0.1) is 0 Å². The molecule has 2 N–H and O–H groups in total. The number of benzene rings is 1.